The van der Waals surface area contributed by atoms with Gasteiger partial charge in [-0.25, -0.2) is 4.39 Å². The summed E-state index contributed by atoms with van der Waals surface area (Å²) in [6, 6.07) is 7.36. The van der Waals surface area contributed by atoms with Crippen molar-refractivity contribution < 1.29 is 23.9 Å². The number of anilines is 1. The zero-order valence-corrected chi connectivity index (χ0v) is 22.2. The second-order valence-electron chi connectivity index (χ2n) is 11.6. The number of hydrogen-bond donors (Lipinski definition) is 1. The number of allylic oxidation sites excluding steroid dienone is 4. The summed E-state index contributed by atoms with van der Waals surface area (Å²) >= 11 is 7.25. The molecule has 0 bridgehead atoms. The Hall–Kier alpha value is -1.67. The van der Waals surface area contributed by atoms with Crippen molar-refractivity contribution in [2.45, 2.75) is 51.0 Å². The average molecular weight is 532 g/mol. The summed E-state index contributed by atoms with van der Waals surface area (Å²) in [5.74, 6) is -0.610. The Morgan fingerprint density at radius 3 is 2.67 bits per heavy atom. The molecule has 1 saturated heterocycles. The molecule has 1 aliphatic heterocycles. The fraction of sp³-hybridized carbons (Fsp3) is 0.571. The lowest BCUT2D eigenvalue weighted by atomic mass is 9.46. The van der Waals surface area contributed by atoms with Crippen LogP contribution in [0.4, 0.5) is 10.1 Å². The molecule has 5 aliphatic rings. The van der Waals surface area contributed by atoms with Crippen molar-refractivity contribution in [3.63, 3.8) is 0 Å². The van der Waals surface area contributed by atoms with Crippen molar-refractivity contribution in [2.75, 3.05) is 17.9 Å². The Labute approximate surface area is 220 Å². The van der Waals surface area contributed by atoms with Gasteiger partial charge in [0, 0.05) is 27.7 Å². The third-order valence-electron chi connectivity index (χ3n) is 10.1. The largest absolute Gasteiger partial charge is 0.393 e. The monoisotopic (exact) mass is 531 g/mol. The van der Waals surface area contributed by atoms with Gasteiger partial charge < -0.3 is 5.11 Å². The van der Waals surface area contributed by atoms with Gasteiger partial charge in [-0.2, -0.15) is 0 Å². The summed E-state index contributed by atoms with van der Waals surface area (Å²) in [4.78, 5) is 32.5. The van der Waals surface area contributed by atoms with Crippen molar-refractivity contribution >= 4 is 39.9 Å². The molecule has 9 atom stereocenters. The standard InChI is InChI=1S/C28H31ClFNO4S/c1-26-9-8-18(32)11-21(26)22(30)12-19-20-10-15-14-31(17-6-4-16(29)5-7-17)35-28(15,25(34)36-3)27(20,2)13-23(33)24(19)26/h4-9,11,15,19-20,22-24,33H,10,12-14H2,1-3H3/t15-,19-,20?,22-,23-,24?,26-,27-,28-/m0/s1. The van der Waals surface area contributed by atoms with Gasteiger partial charge in [-0.1, -0.05) is 43.3 Å². The fourth-order valence-electron chi connectivity index (χ4n) is 8.63. The highest BCUT2D eigenvalue weighted by molar-refractivity contribution is 8.13. The number of nitrogens with zero attached hydrogens (tertiary/aromatic N) is 1. The predicted octanol–water partition coefficient (Wildman–Crippen LogP) is 5.17. The highest BCUT2D eigenvalue weighted by Gasteiger charge is 2.76. The molecule has 0 spiro atoms. The minimum Gasteiger partial charge on any atom is -0.393 e. The second kappa shape index (κ2) is 8.16. The van der Waals surface area contributed by atoms with E-state index in [4.69, 9.17) is 16.4 Å². The molecule has 6 rings (SSSR count). The van der Waals surface area contributed by atoms with E-state index in [0.29, 0.717) is 23.6 Å². The Balaban J connectivity index is 1.41. The van der Waals surface area contributed by atoms with E-state index < -0.39 is 28.7 Å². The minimum absolute atomic E-state index is 0.0158. The van der Waals surface area contributed by atoms with Crippen LogP contribution in [-0.2, 0) is 14.4 Å². The van der Waals surface area contributed by atoms with Crippen molar-refractivity contribution in [2.24, 2.45) is 34.5 Å². The number of hydroxylamine groups is 1. The maximum absolute atomic E-state index is 15.7. The van der Waals surface area contributed by atoms with Crippen molar-refractivity contribution in [1.82, 2.24) is 0 Å². The van der Waals surface area contributed by atoms with Gasteiger partial charge in [-0.05, 0) is 79.3 Å². The summed E-state index contributed by atoms with van der Waals surface area (Å²) in [6.07, 6.45) is 5.88. The Morgan fingerprint density at radius 2 is 1.97 bits per heavy atom. The van der Waals surface area contributed by atoms with Crippen LogP contribution in [0.5, 0.6) is 0 Å². The summed E-state index contributed by atoms with van der Waals surface area (Å²) in [6.45, 7) is 4.57. The zero-order valence-electron chi connectivity index (χ0n) is 20.6. The van der Waals surface area contributed by atoms with Crippen molar-refractivity contribution in [1.29, 1.82) is 0 Å². The highest BCUT2D eigenvalue weighted by atomic mass is 35.5. The topological polar surface area (TPSA) is 66.8 Å². The van der Waals surface area contributed by atoms with Gasteiger partial charge in [-0.3, -0.25) is 19.5 Å². The number of hydrogen-bond acceptors (Lipinski definition) is 6. The zero-order chi connectivity index (χ0) is 25.6. The van der Waals surface area contributed by atoms with E-state index in [0.717, 1.165) is 12.1 Å². The number of carbonyl (C=O) groups excluding carboxylic acids is 2. The first-order valence-electron chi connectivity index (χ1n) is 12.6. The fourth-order valence-corrected chi connectivity index (χ4v) is 9.50. The molecule has 8 heteroatoms. The molecule has 0 radical (unpaired) electrons. The van der Waals surface area contributed by atoms with Crippen LogP contribution in [0, 0.1) is 34.5 Å². The lowest BCUT2D eigenvalue weighted by Gasteiger charge is -2.60. The van der Waals surface area contributed by atoms with Crippen molar-refractivity contribution in [3.8, 4) is 0 Å². The van der Waals surface area contributed by atoms with Crippen LogP contribution in [0.1, 0.15) is 33.1 Å². The van der Waals surface area contributed by atoms with Crippen LogP contribution >= 0.6 is 23.4 Å². The summed E-state index contributed by atoms with van der Waals surface area (Å²) in [5.41, 5.74) is -1.18. The van der Waals surface area contributed by atoms with E-state index in [-0.39, 0.29) is 41.0 Å². The minimum atomic E-state index is -1.25. The SMILES string of the molecule is CSC(=O)[C@@]12ON(c3ccc(Cl)cc3)C[C@@H]1CC1[C@@H]3C[C@H](F)C4=CC(=O)C=C[C@]4(C)C3[C@@H](O)C[C@@]12C. The molecule has 4 aliphatic carbocycles. The van der Waals surface area contributed by atoms with E-state index in [1.54, 1.807) is 29.5 Å². The smallest absolute Gasteiger partial charge is 0.224 e. The van der Waals surface area contributed by atoms with Gasteiger partial charge in [0.2, 0.25) is 5.12 Å². The van der Waals surface area contributed by atoms with Crippen LogP contribution in [0.2, 0.25) is 5.02 Å². The number of aliphatic hydroxyl groups is 1. The molecule has 36 heavy (non-hydrogen) atoms. The molecule has 1 heterocycles. The summed E-state index contributed by atoms with van der Waals surface area (Å²) in [7, 11) is 0. The third-order valence-corrected chi connectivity index (χ3v) is 11.0. The number of aliphatic hydroxyl groups excluding tert-OH is 1. The molecular formula is C28H31ClFNO4S. The number of ketones is 1. The molecule has 2 unspecified atom stereocenters. The summed E-state index contributed by atoms with van der Waals surface area (Å²) in [5, 5.41) is 14.1. The van der Waals surface area contributed by atoms with E-state index in [1.165, 1.54) is 23.9 Å². The van der Waals surface area contributed by atoms with Gasteiger partial charge in [0.1, 0.15) is 6.17 Å². The first kappa shape index (κ1) is 24.7. The van der Waals surface area contributed by atoms with Crippen LogP contribution in [0.15, 0.2) is 48.1 Å². The normalized spacial score (nSPS) is 45.0. The first-order valence-corrected chi connectivity index (χ1v) is 14.2. The highest BCUT2D eigenvalue weighted by Crippen LogP contribution is 2.71. The maximum Gasteiger partial charge on any atom is 0.224 e. The molecule has 0 aromatic heterocycles. The Morgan fingerprint density at radius 1 is 1.25 bits per heavy atom. The molecule has 4 fully saturated rings. The number of thioether (sulfide) groups is 1. The van der Waals surface area contributed by atoms with E-state index in [9.17, 15) is 14.7 Å². The Kier molecular flexibility index (Phi) is 5.59. The molecule has 1 N–H and O–H groups in total. The number of fused-ring (bicyclic) bond motifs is 7. The summed E-state index contributed by atoms with van der Waals surface area (Å²) < 4.78 is 15.7. The maximum atomic E-state index is 15.7. The first-order chi connectivity index (χ1) is 17.0. The van der Waals surface area contributed by atoms with Crippen LogP contribution < -0.4 is 5.06 Å². The molecule has 192 valence electrons. The number of halogens is 2. The molecule has 5 nitrogen and oxygen atoms in total. The average Bonchev–Trinajstić information content (AvgIpc) is 3.33. The van der Waals surface area contributed by atoms with Crippen LogP contribution in [-0.4, -0.2) is 46.7 Å². The molecule has 1 aromatic rings. The number of benzene rings is 1. The molecular weight excluding hydrogens is 501 g/mol. The second-order valence-corrected chi connectivity index (χ2v) is 12.8. The van der Waals surface area contributed by atoms with Gasteiger partial charge in [-0.15, -0.1) is 0 Å². The molecule has 3 saturated carbocycles. The lowest BCUT2D eigenvalue weighted by molar-refractivity contribution is -0.184. The molecule has 1 aromatic carbocycles. The number of carbonyl (C=O) groups is 2. The molecule has 0 amide bonds. The van der Waals surface area contributed by atoms with Crippen LogP contribution in [0.25, 0.3) is 0 Å². The Bertz CT molecular complexity index is 1190. The van der Waals surface area contributed by atoms with Crippen molar-refractivity contribution in [3.05, 3.63) is 53.1 Å². The number of rotatable bonds is 2. The lowest BCUT2D eigenvalue weighted by Crippen LogP contribution is -2.63. The number of alkyl halides is 1. The van der Waals surface area contributed by atoms with Crippen LogP contribution in [0.3, 0.4) is 0 Å². The third kappa shape index (κ3) is 3.09. The predicted molar refractivity (Wildman–Crippen MR) is 138 cm³/mol. The quantitative estimate of drug-likeness (QED) is 0.568. The van der Waals surface area contributed by atoms with Gasteiger partial charge in [0.05, 0.1) is 18.3 Å². The van der Waals surface area contributed by atoms with E-state index in [2.05, 4.69) is 6.92 Å². The van der Waals surface area contributed by atoms with E-state index >= 15 is 4.39 Å². The van der Waals surface area contributed by atoms with Gasteiger partial charge in [0.25, 0.3) is 0 Å². The van der Waals surface area contributed by atoms with Gasteiger partial charge in [0.15, 0.2) is 11.4 Å². The van der Waals surface area contributed by atoms with E-state index in [1.807, 2.05) is 19.1 Å². The van der Waals surface area contributed by atoms with Gasteiger partial charge >= 0.3 is 0 Å².